The Kier molecular flexibility index (Phi) is 19.6. The van der Waals surface area contributed by atoms with Gasteiger partial charge in [-0.3, -0.25) is 19.7 Å². The number of nitrogens with zero attached hydrogens (tertiary/aromatic N) is 5. The summed E-state index contributed by atoms with van der Waals surface area (Å²) in [5.74, 6) is -2.67. The molecule has 0 saturated carbocycles. The first-order valence-electron chi connectivity index (χ1n) is 19.2. The summed E-state index contributed by atoms with van der Waals surface area (Å²) in [5.41, 5.74) is -0.412. The summed E-state index contributed by atoms with van der Waals surface area (Å²) in [7, 11) is 8.25. The number of carbonyl (C=O) groups is 4. The van der Waals surface area contributed by atoms with E-state index in [2.05, 4.69) is 15.5 Å². The zero-order valence-corrected chi connectivity index (χ0v) is 37.6. The number of carbonyl (C=O) groups excluding carboxylic acids is 4. The standard InChI is InChI=1S/C40H53ClN6O12S2/c1-23-10-9-11-32(58-8)40(53,43-39(52)44-54)16-14-24(2)37(50)25(3)30(21-35(49)46(6)29-19-27(18-23)20-31(57-7)36(29)41)59-38(51)26(4)45(5)34(48)15-17-60-61-33-13-12-28(22-42-33)47(55)56/h9-13,19-20,22,24-26,30,32,37,50,53H,14-18,21H2,1-8H3,(H,43,52)/b11-9+,23-10+/t24-,25-,26+,30+,32-,37+,40+/m1/s1. The van der Waals surface area contributed by atoms with Crippen LogP contribution in [-0.2, 0) is 30.3 Å². The van der Waals surface area contributed by atoms with Crippen LogP contribution in [0.25, 0.3) is 0 Å². The Morgan fingerprint density at radius 3 is 2.56 bits per heavy atom. The highest BCUT2D eigenvalue weighted by Gasteiger charge is 2.40. The van der Waals surface area contributed by atoms with Crippen LogP contribution in [0.5, 0.6) is 5.75 Å². The molecule has 61 heavy (non-hydrogen) atoms. The number of likely N-dealkylation sites (N-methyl/N-ethyl adjacent to an activating group) is 1. The Morgan fingerprint density at radius 1 is 1.25 bits per heavy atom. The maximum atomic E-state index is 14.1. The van der Waals surface area contributed by atoms with Crippen molar-refractivity contribution < 1.29 is 48.5 Å². The molecule has 2 bridgehead atoms. The first-order chi connectivity index (χ1) is 28.8. The van der Waals surface area contributed by atoms with Crippen molar-refractivity contribution in [2.45, 2.75) is 94.9 Å². The lowest BCUT2D eigenvalue weighted by atomic mass is 9.83. The van der Waals surface area contributed by atoms with Crippen molar-refractivity contribution in [1.82, 2.24) is 15.2 Å². The van der Waals surface area contributed by atoms with Gasteiger partial charge in [-0.1, -0.05) is 60.0 Å². The number of pyridine rings is 1. The summed E-state index contributed by atoms with van der Waals surface area (Å²) >= 11 is 6.73. The molecule has 1 aliphatic rings. The van der Waals surface area contributed by atoms with E-state index in [1.54, 1.807) is 38.1 Å². The van der Waals surface area contributed by atoms with Gasteiger partial charge in [0.15, 0.2) is 5.72 Å². The number of benzene rings is 1. The Bertz CT molecular complexity index is 1960. The van der Waals surface area contributed by atoms with Crippen LogP contribution in [0.4, 0.5) is 16.2 Å². The number of nitroso groups, excluding NO2 is 1. The highest BCUT2D eigenvalue weighted by Crippen LogP contribution is 2.38. The van der Waals surface area contributed by atoms with E-state index in [-0.39, 0.29) is 35.9 Å². The van der Waals surface area contributed by atoms with Gasteiger partial charge < -0.3 is 39.5 Å². The van der Waals surface area contributed by atoms with Crippen LogP contribution in [-0.4, -0.2) is 113 Å². The molecule has 4 amide bonds. The normalized spacial score (nSPS) is 24.7. The van der Waals surface area contributed by atoms with Crippen molar-refractivity contribution in [3.8, 4) is 5.75 Å². The molecule has 0 aliphatic carbocycles. The minimum atomic E-state index is -2.15. The Morgan fingerprint density at radius 2 is 1.95 bits per heavy atom. The molecule has 0 saturated heterocycles. The number of allylic oxidation sites excluding steroid dienone is 3. The molecule has 1 aromatic carbocycles. The monoisotopic (exact) mass is 908 g/mol. The number of halogens is 1. The van der Waals surface area contributed by atoms with Gasteiger partial charge in [0.2, 0.25) is 11.8 Å². The van der Waals surface area contributed by atoms with Crippen molar-refractivity contribution in [3.05, 3.63) is 79.9 Å². The maximum absolute atomic E-state index is 14.1. The van der Waals surface area contributed by atoms with Crippen LogP contribution >= 0.6 is 33.2 Å². The molecule has 3 N–H and O–H groups in total. The van der Waals surface area contributed by atoms with E-state index in [1.165, 1.54) is 84.8 Å². The molecule has 334 valence electrons. The van der Waals surface area contributed by atoms with E-state index in [4.69, 9.17) is 25.8 Å². The number of rotatable bonds is 12. The fourth-order valence-electron chi connectivity index (χ4n) is 6.45. The van der Waals surface area contributed by atoms with Crippen LogP contribution in [0.15, 0.2) is 64.5 Å². The number of methoxy groups -OCH3 is 2. The first kappa shape index (κ1) is 50.8. The SMILES string of the molecule is COc1cc2cc(c1Cl)N(C)C(=O)C[C@H](OC(=O)[C@H](C)N(C)C(=O)CCSSc1ccc([N+](=O)[O-])cn1)[C@@H](C)[C@@H](O)[C@H](C)CC[C@@](O)(NC(=O)N=O)[C@H](OC)/C=C/C=C(\C)C2. The van der Waals surface area contributed by atoms with Crippen LogP contribution in [0.1, 0.15) is 58.9 Å². The average molecular weight is 909 g/mol. The first-order valence-corrected chi connectivity index (χ1v) is 21.9. The zero-order chi connectivity index (χ0) is 45.6. The predicted octanol–water partition coefficient (Wildman–Crippen LogP) is 6.25. The van der Waals surface area contributed by atoms with Crippen LogP contribution in [0.2, 0.25) is 5.02 Å². The lowest BCUT2D eigenvalue weighted by Crippen LogP contribution is -2.56. The summed E-state index contributed by atoms with van der Waals surface area (Å²) in [5, 5.41) is 39.6. The Hall–Kier alpha value is -4.60. The Labute approximate surface area is 367 Å². The smallest absolute Gasteiger partial charge is 0.381 e. The Balaban J connectivity index is 1.93. The molecule has 3 rings (SSSR count). The number of anilines is 1. The average Bonchev–Trinajstić information content (AvgIpc) is 3.24. The van der Waals surface area contributed by atoms with Gasteiger partial charge in [-0.25, -0.2) is 14.6 Å². The number of aliphatic hydroxyl groups excluding tert-OH is 1. The van der Waals surface area contributed by atoms with E-state index in [9.17, 15) is 44.4 Å². The van der Waals surface area contributed by atoms with E-state index in [1.807, 2.05) is 6.92 Å². The fourth-order valence-corrected chi connectivity index (χ4v) is 8.60. The molecule has 0 spiro atoms. The maximum Gasteiger partial charge on any atom is 0.381 e. The van der Waals surface area contributed by atoms with Crippen LogP contribution in [0.3, 0.4) is 0 Å². The molecule has 21 heteroatoms. The number of hydrogen-bond acceptors (Lipinski definition) is 15. The zero-order valence-electron chi connectivity index (χ0n) is 35.2. The third-order valence-electron chi connectivity index (χ3n) is 10.4. The lowest BCUT2D eigenvalue weighted by molar-refractivity contribution is -0.385. The van der Waals surface area contributed by atoms with E-state index in [0.29, 0.717) is 28.6 Å². The number of ether oxygens (including phenoxy) is 3. The molecule has 0 unspecified atom stereocenters. The lowest BCUT2D eigenvalue weighted by Gasteiger charge is -2.36. The third kappa shape index (κ3) is 14.2. The molecule has 0 fully saturated rings. The minimum absolute atomic E-state index is 0.0339. The van der Waals surface area contributed by atoms with Crippen molar-refractivity contribution in [3.63, 3.8) is 0 Å². The summed E-state index contributed by atoms with van der Waals surface area (Å²) in [6.45, 7) is 6.59. The van der Waals surface area contributed by atoms with Crippen molar-refractivity contribution in [2.24, 2.45) is 17.0 Å². The van der Waals surface area contributed by atoms with Gasteiger partial charge in [0.25, 0.3) is 5.69 Å². The molecule has 0 radical (unpaired) electrons. The van der Waals surface area contributed by atoms with Crippen molar-refractivity contribution in [1.29, 1.82) is 0 Å². The number of aromatic nitrogens is 1. The topological polar surface area (TPSA) is 240 Å². The minimum Gasteiger partial charge on any atom is -0.495 e. The van der Waals surface area contributed by atoms with Gasteiger partial charge in [-0.2, -0.15) is 0 Å². The number of urea groups is 1. The number of esters is 1. The fraction of sp³-hybridized carbons (Fsp3) is 0.525. The molecule has 1 aromatic heterocycles. The van der Waals surface area contributed by atoms with Gasteiger partial charge in [0.1, 0.15) is 40.2 Å². The number of fused-ring (bicyclic) bond motifs is 2. The molecule has 7 atom stereocenters. The van der Waals surface area contributed by atoms with Gasteiger partial charge in [0, 0.05) is 50.5 Å². The number of nitro groups is 1. The summed E-state index contributed by atoms with van der Waals surface area (Å²) in [6.07, 6.45) is 2.19. The number of hydrogen-bond donors (Lipinski definition) is 3. The van der Waals surface area contributed by atoms with E-state index >= 15 is 0 Å². The van der Waals surface area contributed by atoms with E-state index in [0.717, 1.165) is 17.3 Å². The van der Waals surface area contributed by atoms with Crippen molar-refractivity contribution in [2.75, 3.05) is 39.0 Å². The molecule has 2 aromatic rings. The second kappa shape index (κ2) is 23.6. The quantitative estimate of drug-likeness (QED) is 0.0406. The predicted molar refractivity (Wildman–Crippen MR) is 232 cm³/mol. The van der Waals surface area contributed by atoms with Crippen molar-refractivity contribution >= 4 is 68.4 Å². The van der Waals surface area contributed by atoms with Gasteiger partial charge in [0.05, 0.1) is 30.2 Å². The summed E-state index contributed by atoms with van der Waals surface area (Å²) in [4.78, 5) is 81.2. The number of nitrogens with one attached hydrogen (secondary N) is 1. The van der Waals surface area contributed by atoms with E-state index < -0.39 is 71.2 Å². The van der Waals surface area contributed by atoms with Gasteiger partial charge in [-0.05, 0) is 73.6 Å². The summed E-state index contributed by atoms with van der Waals surface area (Å²) in [6, 6.07) is 3.84. The summed E-state index contributed by atoms with van der Waals surface area (Å²) < 4.78 is 17.0. The second-order valence-electron chi connectivity index (χ2n) is 14.8. The second-order valence-corrected chi connectivity index (χ2v) is 17.6. The molecular weight excluding hydrogens is 856 g/mol. The van der Waals surface area contributed by atoms with Crippen LogP contribution < -0.4 is 15.0 Å². The largest absolute Gasteiger partial charge is 0.495 e. The van der Waals surface area contributed by atoms with Gasteiger partial charge >= 0.3 is 12.0 Å². The molecular formula is C40H53ClN6O12S2. The molecule has 1 aliphatic heterocycles. The highest BCUT2D eigenvalue weighted by molar-refractivity contribution is 8.76. The number of amides is 4. The highest BCUT2D eigenvalue weighted by atomic mass is 35.5. The van der Waals surface area contributed by atoms with Crippen LogP contribution in [0, 0.1) is 26.9 Å². The van der Waals surface area contributed by atoms with Gasteiger partial charge in [-0.15, -0.1) is 4.91 Å². The third-order valence-corrected chi connectivity index (χ3v) is 13.1. The molecule has 2 heterocycles. The molecule has 18 nitrogen and oxygen atoms in total. The number of aliphatic hydroxyl groups is 2.